The van der Waals surface area contributed by atoms with E-state index in [0.717, 1.165) is 25.7 Å². The molecule has 0 aromatic rings. The van der Waals surface area contributed by atoms with Gasteiger partial charge in [0, 0.05) is 6.08 Å². The predicted molar refractivity (Wildman–Crippen MR) is 88.5 cm³/mol. The van der Waals surface area contributed by atoms with E-state index >= 15 is 0 Å². The molecule has 2 N–H and O–H groups in total. The lowest BCUT2D eigenvalue weighted by Gasteiger charge is -2.04. The van der Waals surface area contributed by atoms with Crippen molar-refractivity contribution in [1.82, 2.24) is 0 Å². The largest absolute Gasteiger partial charge is 0.478 e. The van der Waals surface area contributed by atoms with Gasteiger partial charge in [0.1, 0.15) is 0 Å². The van der Waals surface area contributed by atoms with Crippen molar-refractivity contribution >= 4 is 5.97 Å². The second-order valence-electron chi connectivity index (χ2n) is 6.06. The molecule has 0 heterocycles. The van der Waals surface area contributed by atoms with Crippen LogP contribution in [-0.2, 0) is 4.79 Å². The van der Waals surface area contributed by atoms with Crippen molar-refractivity contribution in [2.45, 2.75) is 96.5 Å². The summed E-state index contributed by atoms with van der Waals surface area (Å²) in [5.41, 5.74) is 0. The molecule has 0 saturated carbocycles. The van der Waals surface area contributed by atoms with Crippen molar-refractivity contribution in [3.63, 3.8) is 0 Å². The van der Waals surface area contributed by atoms with Crippen LogP contribution >= 0.6 is 0 Å². The zero-order valence-corrected chi connectivity index (χ0v) is 13.7. The number of aliphatic carboxylic acids is 1. The molecule has 0 fully saturated rings. The van der Waals surface area contributed by atoms with Gasteiger partial charge in [-0.2, -0.15) is 0 Å². The molecule has 3 nitrogen and oxygen atoms in total. The van der Waals surface area contributed by atoms with Gasteiger partial charge in [-0.15, -0.1) is 0 Å². The maximum Gasteiger partial charge on any atom is 0.327 e. The number of carbonyl (C=O) groups is 1. The predicted octanol–water partition coefficient (Wildman–Crippen LogP) is 5.08. The first kappa shape index (κ1) is 20.2. The Kier molecular flexibility index (Phi) is 14.9. The van der Waals surface area contributed by atoms with Crippen LogP contribution in [0.25, 0.3) is 0 Å². The van der Waals surface area contributed by atoms with E-state index < -0.39 is 5.97 Å². The number of aliphatic hydroxyl groups excluding tert-OH is 1. The van der Waals surface area contributed by atoms with Crippen molar-refractivity contribution in [1.29, 1.82) is 0 Å². The molecule has 0 amide bonds. The average molecular weight is 298 g/mol. The van der Waals surface area contributed by atoms with Gasteiger partial charge in [-0.25, -0.2) is 4.79 Å². The first-order valence-electron chi connectivity index (χ1n) is 8.70. The second-order valence-corrected chi connectivity index (χ2v) is 6.06. The summed E-state index contributed by atoms with van der Waals surface area (Å²) in [5, 5.41) is 17.6. The lowest BCUT2D eigenvalue weighted by atomic mass is 10.0. The third-order valence-corrected chi connectivity index (χ3v) is 3.75. The highest BCUT2D eigenvalue weighted by Gasteiger charge is 1.96. The molecule has 0 radical (unpaired) electrons. The summed E-state index contributed by atoms with van der Waals surface area (Å²) in [6.45, 7) is 1.86. The minimum Gasteiger partial charge on any atom is -0.478 e. The number of hydrogen-bond acceptors (Lipinski definition) is 2. The third kappa shape index (κ3) is 19.2. The quantitative estimate of drug-likeness (QED) is 0.327. The Bertz CT molecular complexity index is 259. The van der Waals surface area contributed by atoms with E-state index in [2.05, 4.69) is 0 Å². The van der Waals surface area contributed by atoms with Crippen LogP contribution in [0.5, 0.6) is 0 Å². The number of rotatable bonds is 15. The fourth-order valence-electron chi connectivity index (χ4n) is 2.48. The molecule has 0 saturated heterocycles. The molecule has 0 spiro atoms. The number of hydrogen-bond donors (Lipinski definition) is 2. The van der Waals surface area contributed by atoms with Crippen LogP contribution < -0.4 is 0 Å². The van der Waals surface area contributed by atoms with Crippen LogP contribution in [0.15, 0.2) is 12.2 Å². The molecule has 1 atom stereocenters. The summed E-state index contributed by atoms with van der Waals surface area (Å²) in [6, 6.07) is 0. The first-order chi connectivity index (χ1) is 10.1. The Morgan fingerprint density at radius 2 is 1.29 bits per heavy atom. The number of carboxylic acid groups (broad SMARTS) is 1. The number of carboxylic acids is 1. The lowest BCUT2D eigenvalue weighted by Crippen LogP contribution is -1.98. The van der Waals surface area contributed by atoms with Crippen LogP contribution in [0, 0.1) is 0 Å². The Morgan fingerprint density at radius 3 is 1.71 bits per heavy atom. The summed E-state index contributed by atoms with van der Waals surface area (Å²) in [5.74, 6) is -0.846. The molecule has 124 valence electrons. The standard InChI is InChI=1S/C18H34O3/c1-17(19)15-13-11-9-7-5-3-2-4-6-8-10-12-14-16-18(20)21/h14,16-17,19H,2-13,15H2,1H3,(H,20,21)/b16-14+/t17-/m1/s1. The number of unbranched alkanes of at least 4 members (excludes halogenated alkanes) is 11. The highest BCUT2D eigenvalue weighted by molar-refractivity contribution is 5.79. The van der Waals surface area contributed by atoms with E-state index in [1.54, 1.807) is 6.08 Å². The van der Waals surface area contributed by atoms with Crippen LogP contribution in [0.2, 0.25) is 0 Å². The molecule has 0 aromatic heterocycles. The molecule has 0 aromatic carbocycles. The van der Waals surface area contributed by atoms with Crippen LogP contribution in [0.3, 0.4) is 0 Å². The maximum absolute atomic E-state index is 10.2. The van der Waals surface area contributed by atoms with Crippen molar-refractivity contribution < 1.29 is 15.0 Å². The Morgan fingerprint density at radius 1 is 0.857 bits per heavy atom. The first-order valence-corrected chi connectivity index (χ1v) is 8.70. The summed E-state index contributed by atoms with van der Waals surface area (Å²) >= 11 is 0. The molecule has 0 unspecified atom stereocenters. The van der Waals surface area contributed by atoms with Gasteiger partial charge in [-0.3, -0.25) is 0 Å². The smallest absolute Gasteiger partial charge is 0.327 e. The van der Waals surface area contributed by atoms with Gasteiger partial charge in [0.15, 0.2) is 0 Å². The number of allylic oxidation sites excluding steroid dienone is 1. The molecule has 0 aliphatic heterocycles. The second kappa shape index (κ2) is 15.6. The molecule has 0 bridgehead atoms. The Labute approximate surface area is 130 Å². The van der Waals surface area contributed by atoms with Crippen molar-refractivity contribution in [2.75, 3.05) is 0 Å². The van der Waals surface area contributed by atoms with Gasteiger partial charge in [-0.1, -0.05) is 70.3 Å². The molecular weight excluding hydrogens is 264 g/mol. The fraction of sp³-hybridized carbons (Fsp3) is 0.833. The molecule has 0 aliphatic carbocycles. The van der Waals surface area contributed by atoms with Crippen molar-refractivity contribution in [3.05, 3.63) is 12.2 Å². The minimum atomic E-state index is -0.846. The minimum absolute atomic E-state index is 0.135. The summed E-state index contributed by atoms with van der Waals surface area (Å²) < 4.78 is 0. The van der Waals surface area contributed by atoms with Crippen molar-refractivity contribution in [3.8, 4) is 0 Å². The molecule has 0 aliphatic rings. The molecule has 21 heavy (non-hydrogen) atoms. The van der Waals surface area contributed by atoms with E-state index in [9.17, 15) is 4.79 Å². The molecule has 0 rings (SSSR count). The van der Waals surface area contributed by atoms with Crippen molar-refractivity contribution in [2.24, 2.45) is 0 Å². The van der Waals surface area contributed by atoms with E-state index in [4.69, 9.17) is 10.2 Å². The lowest BCUT2D eigenvalue weighted by molar-refractivity contribution is -0.131. The molecule has 3 heteroatoms. The van der Waals surface area contributed by atoms with Gasteiger partial charge in [0.25, 0.3) is 0 Å². The topological polar surface area (TPSA) is 57.5 Å². The van der Waals surface area contributed by atoms with Gasteiger partial charge >= 0.3 is 5.97 Å². The van der Waals surface area contributed by atoms with E-state index in [-0.39, 0.29) is 6.10 Å². The maximum atomic E-state index is 10.2. The van der Waals surface area contributed by atoms with Gasteiger partial charge in [-0.05, 0) is 26.2 Å². The Balaban J connectivity index is 3.04. The van der Waals surface area contributed by atoms with Crippen LogP contribution in [0.4, 0.5) is 0 Å². The summed E-state index contributed by atoms with van der Waals surface area (Å²) in [4.78, 5) is 10.2. The normalized spacial score (nSPS) is 12.9. The van der Waals surface area contributed by atoms with E-state index in [1.165, 1.54) is 63.9 Å². The van der Waals surface area contributed by atoms with Crippen LogP contribution in [0.1, 0.15) is 90.4 Å². The zero-order chi connectivity index (χ0) is 15.8. The number of aliphatic hydroxyl groups is 1. The highest BCUT2D eigenvalue weighted by Crippen LogP contribution is 2.13. The van der Waals surface area contributed by atoms with E-state index in [1.807, 2.05) is 6.92 Å². The summed E-state index contributed by atoms with van der Waals surface area (Å²) in [6.07, 6.45) is 18.7. The average Bonchev–Trinajstić information content (AvgIpc) is 2.42. The van der Waals surface area contributed by atoms with Gasteiger partial charge in [0.05, 0.1) is 6.10 Å². The van der Waals surface area contributed by atoms with Gasteiger partial charge < -0.3 is 10.2 Å². The molecular formula is C18H34O3. The van der Waals surface area contributed by atoms with Crippen LogP contribution in [-0.4, -0.2) is 22.3 Å². The third-order valence-electron chi connectivity index (χ3n) is 3.75. The van der Waals surface area contributed by atoms with E-state index in [0.29, 0.717) is 0 Å². The summed E-state index contributed by atoms with van der Waals surface area (Å²) in [7, 11) is 0. The van der Waals surface area contributed by atoms with Gasteiger partial charge in [0.2, 0.25) is 0 Å². The Hall–Kier alpha value is -0.830. The highest BCUT2D eigenvalue weighted by atomic mass is 16.4. The monoisotopic (exact) mass is 298 g/mol. The zero-order valence-electron chi connectivity index (χ0n) is 13.7. The SMILES string of the molecule is C[C@@H](O)CCCCCCCCCCCCC/C=C/C(=O)O. The fourth-order valence-corrected chi connectivity index (χ4v) is 2.48.